The largest absolute Gasteiger partial charge is 0.341 e. The van der Waals surface area contributed by atoms with Crippen LogP contribution in [0.4, 0.5) is 5.69 Å². The van der Waals surface area contributed by atoms with Gasteiger partial charge in [-0.25, -0.2) is 0 Å². The summed E-state index contributed by atoms with van der Waals surface area (Å²) >= 11 is 0. The zero-order valence-electron chi connectivity index (χ0n) is 15.8. The molecule has 0 aliphatic carbocycles. The number of nitrogens with zero attached hydrogens (tertiary/aromatic N) is 2. The van der Waals surface area contributed by atoms with E-state index in [1.165, 1.54) is 0 Å². The van der Waals surface area contributed by atoms with Crippen LogP contribution >= 0.6 is 0 Å². The zero-order chi connectivity index (χ0) is 19.2. The van der Waals surface area contributed by atoms with Crippen molar-refractivity contribution >= 4 is 17.5 Å². The first-order valence-corrected chi connectivity index (χ1v) is 9.58. The van der Waals surface area contributed by atoms with Crippen LogP contribution in [0.2, 0.25) is 0 Å². The van der Waals surface area contributed by atoms with E-state index in [4.69, 9.17) is 5.73 Å². The Morgan fingerprint density at radius 1 is 1.04 bits per heavy atom. The summed E-state index contributed by atoms with van der Waals surface area (Å²) in [6.45, 7) is 3.12. The molecule has 1 aliphatic heterocycles. The van der Waals surface area contributed by atoms with Crippen molar-refractivity contribution in [1.29, 1.82) is 0 Å². The minimum Gasteiger partial charge on any atom is -0.341 e. The van der Waals surface area contributed by atoms with Gasteiger partial charge >= 0.3 is 0 Å². The first-order valence-electron chi connectivity index (χ1n) is 9.58. The molecule has 2 amide bonds. The van der Waals surface area contributed by atoms with Gasteiger partial charge in [-0.1, -0.05) is 55.5 Å². The van der Waals surface area contributed by atoms with E-state index in [1.807, 2.05) is 77.4 Å². The molecular formula is C22H27N3O2. The third kappa shape index (κ3) is 4.37. The van der Waals surface area contributed by atoms with Crippen LogP contribution in [-0.4, -0.2) is 35.8 Å². The first kappa shape index (κ1) is 19.1. The lowest BCUT2D eigenvalue weighted by molar-refractivity contribution is -0.133. The fourth-order valence-corrected chi connectivity index (χ4v) is 3.66. The highest BCUT2D eigenvalue weighted by atomic mass is 16.2. The fraction of sp³-hybridized carbons (Fsp3) is 0.364. The van der Waals surface area contributed by atoms with Crippen LogP contribution < -0.4 is 10.6 Å². The Labute approximate surface area is 160 Å². The van der Waals surface area contributed by atoms with Gasteiger partial charge in [-0.15, -0.1) is 0 Å². The topological polar surface area (TPSA) is 66.6 Å². The molecule has 3 rings (SSSR count). The second-order valence-electron chi connectivity index (χ2n) is 6.90. The van der Waals surface area contributed by atoms with Crippen LogP contribution in [0.15, 0.2) is 60.7 Å². The van der Waals surface area contributed by atoms with Crippen molar-refractivity contribution in [2.24, 2.45) is 5.73 Å². The Hall–Kier alpha value is -2.66. The molecule has 0 spiro atoms. The number of amides is 2. The molecular weight excluding hydrogens is 338 g/mol. The highest BCUT2D eigenvalue weighted by Crippen LogP contribution is 2.25. The lowest BCUT2D eigenvalue weighted by Gasteiger charge is -2.39. The predicted octanol–water partition coefficient (Wildman–Crippen LogP) is 3.12. The summed E-state index contributed by atoms with van der Waals surface area (Å²) < 4.78 is 0. The number of carbonyl (C=O) groups excluding carboxylic acids is 2. The molecule has 1 heterocycles. The van der Waals surface area contributed by atoms with Crippen LogP contribution in [-0.2, 0) is 9.59 Å². The zero-order valence-corrected chi connectivity index (χ0v) is 15.8. The number of carbonyl (C=O) groups is 2. The fourth-order valence-electron chi connectivity index (χ4n) is 3.66. The van der Waals surface area contributed by atoms with E-state index in [1.54, 1.807) is 0 Å². The maximum atomic E-state index is 12.8. The smallest absolute Gasteiger partial charge is 0.244 e. The van der Waals surface area contributed by atoms with Gasteiger partial charge in [-0.3, -0.25) is 9.59 Å². The van der Waals surface area contributed by atoms with Gasteiger partial charge in [0.15, 0.2) is 0 Å². The van der Waals surface area contributed by atoms with Crippen molar-refractivity contribution < 1.29 is 9.59 Å². The van der Waals surface area contributed by atoms with E-state index in [2.05, 4.69) is 0 Å². The lowest BCUT2D eigenvalue weighted by atomic mass is 9.99. The van der Waals surface area contributed by atoms with Gasteiger partial charge in [-0.05, 0) is 30.5 Å². The van der Waals surface area contributed by atoms with Crippen LogP contribution in [0.3, 0.4) is 0 Å². The third-order valence-electron chi connectivity index (χ3n) is 5.17. The Bertz CT molecular complexity index is 756. The number of para-hydroxylation sites is 1. The summed E-state index contributed by atoms with van der Waals surface area (Å²) in [7, 11) is 0. The standard InChI is InChI=1S/C22H27N3O2/c1-2-20(26)25(18-11-7-4-8-12-18)19-13-15-24(16-14-19)22(27)21(23)17-9-5-3-6-10-17/h3-12,19,21H,2,13-16,23H2,1H3/t21-/m1/s1. The minimum absolute atomic E-state index is 0.0484. The Morgan fingerprint density at radius 3 is 2.15 bits per heavy atom. The first-order chi connectivity index (χ1) is 13.1. The summed E-state index contributed by atoms with van der Waals surface area (Å²) in [6.07, 6.45) is 1.98. The normalized spacial score (nSPS) is 16.0. The highest BCUT2D eigenvalue weighted by Gasteiger charge is 2.31. The van der Waals surface area contributed by atoms with Gasteiger partial charge in [0.2, 0.25) is 11.8 Å². The van der Waals surface area contributed by atoms with Gasteiger partial charge in [-0.2, -0.15) is 0 Å². The molecule has 0 bridgehead atoms. The minimum atomic E-state index is -0.634. The van der Waals surface area contributed by atoms with Gasteiger partial charge in [0.1, 0.15) is 6.04 Å². The molecule has 0 unspecified atom stereocenters. The SMILES string of the molecule is CCC(=O)N(c1ccccc1)C1CCN(C(=O)[C@H](N)c2ccccc2)CC1. The quantitative estimate of drug-likeness (QED) is 0.885. The molecule has 0 aromatic heterocycles. The van der Waals surface area contributed by atoms with E-state index in [0.29, 0.717) is 19.5 Å². The van der Waals surface area contributed by atoms with Crippen LogP contribution in [0, 0.1) is 0 Å². The van der Waals surface area contributed by atoms with Crippen molar-refractivity contribution in [1.82, 2.24) is 4.90 Å². The molecule has 1 fully saturated rings. The van der Waals surface area contributed by atoms with Crippen LogP contribution in [0.5, 0.6) is 0 Å². The Morgan fingerprint density at radius 2 is 1.59 bits per heavy atom. The molecule has 0 radical (unpaired) electrons. The van der Waals surface area contributed by atoms with Crippen molar-refractivity contribution in [2.75, 3.05) is 18.0 Å². The lowest BCUT2D eigenvalue weighted by Crippen LogP contribution is -2.50. The number of benzene rings is 2. The molecule has 142 valence electrons. The number of likely N-dealkylation sites (tertiary alicyclic amines) is 1. The number of nitrogens with two attached hydrogens (primary N) is 1. The monoisotopic (exact) mass is 365 g/mol. The molecule has 1 atom stereocenters. The summed E-state index contributed by atoms with van der Waals surface area (Å²) in [4.78, 5) is 29.0. The summed E-state index contributed by atoms with van der Waals surface area (Å²) in [5, 5.41) is 0. The molecule has 1 saturated heterocycles. The van der Waals surface area contributed by atoms with Crippen LogP contribution in [0.25, 0.3) is 0 Å². The molecule has 0 saturated carbocycles. The van der Waals surface area contributed by atoms with Crippen molar-refractivity contribution in [3.8, 4) is 0 Å². The van der Waals surface area contributed by atoms with Gasteiger partial charge in [0.25, 0.3) is 0 Å². The van der Waals surface area contributed by atoms with E-state index in [-0.39, 0.29) is 17.9 Å². The second kappa shape index (κ2) is 8.82. The molecule has 5 nitrogen and oxygen atoms in total. The number of anilines is 1. The van der Waals surface area contributed by atoms with Gasteiger partial charge in [0.05, 0.1) is 0 Å². The second-order valence-corrected chi connectivity index (χ2v) is 6.90. The third-order valence-corrected chi connectivity index (χ3v) is 5.17. The van der Waals surface area contributed by atoms with Crippen molar-refractivity contribution in [2.45, 2.75) is 38.3 Å². The van der Waals surface area contributed by atoms with Gasteiger partial charge < -0.3 is 15.5 Å². The van der Waals surface area contributed by atoms with Gasteiger partial charge in [0, 0.05) is 31.2 Å². The van der Waals surface area contributed by atoms with E-state index >= 15 is 0 Å². The average Bonchev–Trinajstić information content (AvgIpc) is 2.74. The number of rotatable bonds is 5. The maximum Gasteiger partial charge on any atom is 0.244 e. The van der Waals surface area contributed by atoms with E-state index < -0.39 is 6.04 Å². The average molecular weight is 365 g/mol. The van der Waals surface area contributed by atoms with E-state index in [0.717, 1.165) is 24.1 Å². The number of piperidine rings is 1. The molecule has 1 aliphatic rings. The number of hydrogen-bond donors (Lipinski definition) is 1. The van der Waals surface area contributed by atoms with E-state index in [9.17, 15) is 9.59 Å². The van der Waals surface area contributed by atoms with Crippen molar-refractivity contribution in [3.05, 3.63) is 66.2 Å². The Kier molecular flexibility index (Phi) is 6.24. The number of hydrogen-bond acceptors (Lipinski definition) is 3. The molecule has 27 heavy (non-hydrogen) atoms. The molecule has 5 heteroatoms. The maximum absolute atomic E-state index is 12.8. The highest BCUT2D eigenvalue weighted by molar-refractivity contribution is 5.93. The summed E-state index contributed by atoms with van der Waals surface area (Å²) in [6, 6.07) is 18.7. The summed E-state index contributed by atoms with van der Waals surface area (Å²) in [5.41, 5.74) is 7.93. The molecule has 2 aromatic carbocycles. The van der Waals surface area contributed by atoms with Crippen molar-refractivity contribution in [3.63, 3.8) is 0 Å². The predicted molar refractivity (Wildman–Crippen MR) is 107 cm³/mol. The van der Waals surface area contributed by atoms with Crippen LogP contribution in [0.1, 0.15) is 37.8 Å². The Balaban J connectivity index is 1.66. The molecule has 2 N–H and O–H groups in total. The summed E-state index contributed by atoms with van der Waals surface area (Å²) in [5.74, 6) is 0.0692. The molecule has 2 aromatic rings.